The molecule has 0 aliphatic heterocycles. The number of alkyl halides is 1. The molecule has 0 saturated heterocycles. The second-order valence-electron chi connectivity index (χ2n) is 7.48. The van der Waals surface area contributed by atoms with Gasteiger partial charge in [0.05, 0.1) is 5.38 Å². The highest BCUT2D eigenvalue weighted by Crippen LogP contribution is 2.73. The molecule has 2 bridgehead atoms. The van der Waals surface area contributed by atoms with E-state index in [1.54, 1.807) is 0 Å². The maximum absolute atomic E-state index is 7.00. The average Bonchev–Trinajstić information content (AvgIpc) is 2.95. The van der Waals surface area contributed by atoms with Crippen LogP contribution in [0.1, 0.15) is 35.8 Å². The molecular formula is C20H21Cl. The minimum atomic E-state index is 0.217. The number of aryl methyl sites for hydroxylation is 1. The molecule has 2 aromatic carbocycles. The minimum Gasteiger partial charge on any atom is -0.117 e. The summed E-state index contributed by atoms with van der Waals surface area (Å²) in [6.07, 6.45) is 4.45. The molecule has 3 aliphatic carbocycles. The van der Waals surface area contributed by atoms with Crippen molar-refractivity contribution in [2.24, 2.45) is 29.6 Å². The topological polar surface area (TPSA) is 0 Å². The van der Waals surface area contributed by atoms with Crippen LogP contribution in [0.25, 0.3) is 10.8 Å². The van der Waals surface area contributed by atoms with Gasteiger partial charge in [0, 0.05) is 0 Å². The van der Waals surface area contributed by atoms with E-state index in [1.807, 2.05) is 0 Å². The van der Waals surface area contributed by atoms with Crippen molar-refractivity contribution in [2.45, 2.75) is 31.6 Å². The summed E-state index contributed by atoms with van der Waals surface area (Å²) in [6.45, 7) is 2.20. The molecule has 0 N–H and O–H groups in total. The minimum absolute atomic E-state index is 0.217. The fourth-order valence-electron chi connectivity index (χ4n) is 5.70. The second kappa shape index (κ2) is 4.26. The first-order chi connectivity index (χ1) is 10.3. The Morgan fingerprint density at radius 2 is 1.62 bits per heavy atom. The molecule has 0 aromatic heterocycles. The first kappa shape index (κ1) is 12.5. The Hall–Kier alpha value is -1.01. The molecule has 3 saturated carbocycles. The van der Waals surface area contributed by atoms with Crippen molar-refractivity contribution in [3.05, 3.63) is 47.5 Å². The van der Waals surface area contributed by atoms with Gasteiger partial charge in [0.15, 0.2) is 0 Å². The van der Waals surface area contributed by atoms with Crippen LogP contribution < -0.4 is 0 Å². The van der Waals surface area contributed by atoms with Gasteiger partial charge in [-0.2, -0.15) is 0 Å². The van der Waals surface area contributed by atoms with Crippen molar-refractivity contribution in [2.75, 3.05) is 0 Å². The van der Waals surface area contributed by atoms with Crippen molar-refractivity contribution in [3.63, 3.8) is 0 Å². The van der Waals surface area contributed by atoms with E-state index in [2.05, 4.69) is 43.3 Å². The lowest BCUT2D eigenvalue weighted by Gasteiger charge is -2.17. The van der Waals surface area contributed by atoms with Crippen LogP contribution in [0.2, 0.25) is 0 Å². The van der Waals surface area contributed by atoms with Gasteiger partial charge in [0.2, 0.25) is 0 Å². The van der Waals surface area contributed by atoms with E-state index < -0.39 is 0 Å². The van der Waals surface area contributed by atoms with Gasteiger partial charge in [-0.15, -0.1) is 11.6 Å². The lowest BCUT2D eigenvalue weighted by Crippen LogP contribution is -2.05. The van der Waals surface area contributed by atoms with Crippen molar-refractivity contribution in [3.8, 4) is 0 Å². The van der Waals surface area contributed by atoms with E-state index in [0.717, 1.165) is 29.6 Å². The molecule has 21 heavy (non-hydrogen) atoms. The molecule has 108 valence electrons. The summed E-state index contributed by atoms with van der Waals surface area (Å²) in [5.41, 5.74) is 2.73. The summed E-state index contributed by atoms with van der Waals surface area (Å²) in [5.74, 6) is 4.66. The Morgan fingerprint density at radius 3 is 2.33 bits per heavy atom. The van der Waals surface area contributed by atoms with Crippen LogP contribution in [0.4, 0.5) is 0 Å². The third kappa shape index (κ3) is 1.63. The SMILES string of the molecule is Cc1ccc(C(Cl)C2C3C4CCC(C4)C32)c2ccccc12. The molecule has 2 aromatic rings. The van der Waals surface area contributed by atoms with E-state index in [4.69, 9.17) is 11.6 Å². The van der Waals surface area contributed by atoms with Crippen LogP contribution in [0, 0.1) is 36.5 Å². The molecular weight excluding hydrogens is 276 g/mol. The number of hydrogen-bond acceptors (Lipinski definition) is 0. The van der Waals surface area contributed by atoms with Crippen molar-refractivity contribution < 1.29 is 0 Å². The normalized spacial score (nSPS) is 37.7. The summed E-state index contributed by atoms with van der Waals surface area (Å²) in [4.78, 5) is 0. The van der Waals surface area contributed by atoms with Crippen LogP contribution in [-0.4, -0.2) is 0 Å². The lowest BCUT2D eigenvalue weighted by atomic mass is 9.92. The Bertz CT molecular complexity index is 703. The molecule has 0 nitrogen and oxygen atoms in total. The third-order valence-electron chi connectivity index (χ3n) is 6.61. The number of halogens is 1. The molecule has 1 heteroatoms. The number of rotatable bonds is 2. The molecule has 5 rings (SSSR count). The molecule has 0 radical (unpaired) electrons. The first-order valence-corrected chi connectivity index (χ1v) is 8.81. The second-order valence-corrected chi connectivity index (χ2v) is 7.95. The average molecular weight is 297 g/mol. The third-order valence-corrected chi connectivity index (χ3v) is 7.13. The van der Waals surface area contributed by atoms with E-state index in [0.29, 0.717) is 0 Å². The molecule has 0 heterocycles. The first-order valence-electron chi connectivity index (χ1n) is 8.38. The van der Waals surface area contributed by atoms with Crippen LogP contribution >= 0.6 is 11.6 Å². The van der Waals surface area contributed by atoms with Gasteiger partial charge in [-0.25, -0.2) is 0 Å². The standard InChI is InChI=1S/C20H21Cl/c1-11-6-9-16(15-5-3-2-4-14(11)15)20(21)19-17-12-7-8-13(10-12)18(17)19/h2-6,9,12-13,17-20H,7-8,10H2,1H3. The van der Waals surface area contributed by atoms with E-state index in [-0.39, 0.29) is 5.38 Å². The molecule has 0 amide bonds. The summed E-state index contributed by atoms with van der Waals surface area (Å²) in [6, 6.07) is 13.3. The molecule has 3 aliphatic rings. The van der Waals surface area contributed by atoms with Gasteiger partial charge in [-0.05, 0) is 77.7 Å². The highest BCUT2D eigenvalue weighted by molar-refractivity contribution is 6.22. The monoisotopic (exact) mass is 296 g/mol. The Labute approximate surface area is 131 Å². The summed E-state index contributed by atoms with van der Waals surface area (Å²) < 4.78 is 0. The Kier molecular flexibility index (Phi) is 2.54. The Morgan fingerprint density at radius 1 is 0.952 bits per heavy atom. The number of fused-ring (bicyclic) bond motifs is 6. The largest absolute Gasteiger partial charge is 0.117 e. The molecule has 3 fully saturated rings. The Balaban J connectivity index is 1.55. The van der Waals surface area contributed by atoms with Crippen LogP contribution in [-0.2, 0) is 0 Å². The van der Waals surface area contributed by atoms with E-state index >= 15 is 0 Å². The summed E-state index contributed by atoms with van der Waals surface area (Å²) in [5, 5.41) is 2.96. The smallest absolute Gasteiger partial charge is 0.0625 e. The van der Waals surface area contributed by atoms with Gasteiger partial charge in [-0.3, -0.25) is 0 Å². The van der Waals surface area contributed by atoms with Crippen LogP contribution in [0.5, 0.6) is 0 Å². The van der Waals surface area contributed by atoms with Crippen LogP contribution in [0.3, 0.4) is 0 Å². The zero-order valence-corrected chi connectivity index (χ0v) is 13.2. The predicted molar refractivity (Wildman–Crippen MR) is 88.6 cm³/mol. The number of benzene rings is 2. The predicted octanol–water partition coefficient (Wildman–Crippen LogP) is 5.72. The zero-order valence-electron chi connectivity index (χ0n) is 12.4. The van der Waals surface area contributed by atoms with Gasteiger partial charge >= 0.3 is 0 Å². The quantitative estimate of drug-likeness (QED) is 0.622. The maximum atomic E-state index is 7.00. The van der Waals surface area contributed by atoms with Gasteiger partial charge in [0.1, 0.15) is 0 Å². The van der Waals surface area contributed by atoms with Gasteiger partial charge in [-0.1, -0.05) is 36.4 Å². The van der Waals surface area contributed by atoms with Gasteiger partial charge in [0.25, 0.3) is 0 Å². The summed E-state index contributed by atoms with van der Waals surface area (Å²) in [7, 11) is 0. The van der Waals surface area contributed by atoms with E-state index in [9.17, 15) is 0 Å². The number of hydrogen-bond donors (Lipinski definition) is 0. The highest BCUT2D eigenvalue weighted by atomic mass is 35.5. The maximum Gasteiger partial charge on any atom is 0.0625 e. The van der Waals surface area contributed by atoms with Crippen molar-refractivity contribution in [1.82, 2.24) is 0 Å². The highest BCUT2D eigenvalue weighted by Gasteiger charge is 2.66. The molecule has 5 unspecified atom stereocenters. The molecule has 5 atom stereocenters. The van der Waals surface area contributed by atoms with Crippen molar-refractivity contribution in [1.29, 1.82) is 0 Å². The fraction of sp³-hybridized carbons (Fsp3) is 0.500. The van der Waals surface area contributed by atoms with E-state index in [1.165, 1.54) is 41.2 Å². The lowest BCUT2D eigenvalue weighted by molar-refractivity contribution is 0.455. The van der Waals surface area contributed by atoms with Crippen molar-refractivity contribution >= 4 is 22.4 Å². The zero-order chi connectivity index (χ0) is 14.1. The molecule has 0 spiro atoms. The van der Waals surface area contributed by atoms with Crippen LogP contribution in [0.15, 0.2) is 36.4 Å². The summed E-state index contributed by atoms with van der Waals surface area (Å²) >= 11 is 7.00. The van der Waals surface area contributed by atoms with Gasteiger partial charge < -0.3 is 0 Å². The fourth-order valence-corrected chi connectivity index (χ4v) is 6.23.